The van der Waals surface area contributed by atoms with Crippen molar-refractivity contribution in [2.75, 3.05) is 13.1 Å². The minimum atomic E-state index is 0.0692. The second kappa shape index (κ2) is 4.85. The first-order valence-electron chi connectivity index (χ1n) is 7.10. The monoisotopic (exact) mass is 259 g/mol. The fraction of sp³-hybridized carbons (Fsp3) is 0.533. The van der Waals surface area contributed by atoms with E-state index in [4.69, 9.17) is 0 Å². The molecule has 4 heteroatoms. The second-order valence-electron chi connectivity index (χ2n) is 5.64. The van der Waals surface area contributed by atoms with Gasteiger partial charge in [-0.25, -0.2) is 0 Å². The van der Waals surface area contributed by atoms with Crippen LogP contribution in [0, 0.1) is 0 Å². The van der Waals surface area contributed by atoms with Crippen molar-refractivity contribution in [2.45, 2.75) is 39.3 Å². The molecule has 0 spiro atoms. The maximum atomic E-state index is 12.3. The molecule has 3 rings (SSSR count). The van der Waals surface area contributed by atoms with E-state index in [0.717, 1.165) is 38.0 Å². The van der Waals surface area contributed by atoms with E-state index in [0.29, 0.717) is 0 Å². The predicted molar refractivity (Wildman–Crippen MR) is 76.2 cm³/mol. The van der Waals surface area contributed by atoms with Gasteiger partial charge in [-0.1, -0.05) is 6.08 Å². The Balaban J connectivity index is 2.03. The van der Waals surface area contributed by atoms with Crippen molar-refractivity contribution in [3.63, 3.8) is 0 Å². The molecule has 0 unspecified atom stereocenters. The largest absolute Gasteiger partial charge is 0.350 e. The van der Waals surface area contributed by atoms with E-state index in [2.05, 4.69) is 21.3 Å². The minimum absolute atomic E-state index is 0.0692. The molecule has 2 heterocycles. The van der Waals surface area contributed by atoms with E-state index >= 15 is 0 Å². The van der Waals surface area contributed by atoms with Crippen LogP contribution < -0.4 is 10.6 Å². The van der Waals surface area contributed by atoms with Crippen molar-refractivity contribution in [2.24, 2.45) is 0 Å². The van der Waals surface area contributed by atoms with Crippen LogP contribution in [0.2, 0.25) is 0 Å². The maximum absolute atomic E-state index is 12.3. The molecule has 0 aromatic carbocycles. The van der Waals surface area contributed by atoms with Crippen LogP contribution in [0.3, 0.4) is 0 Å². The highest BCUT2D eigenvalue weighted by atomic mass is 16.1. The Morgan fingerprint density at radius 3 is 3.11 bits per heavy atom. The zero-order valence-electron chi connectivity index (χ0n) is 11.6. The van der Waals surface area contributed by atoms with Gasteiger partial charge in [-0.2, -0.15) is 0 Å². The number of carbonyl (C=O) groups excluding carboxylic acids is 1. The number of aromatic nitrogens is 1. The third-order valence-electron chi connectivity index (χ3n) is 3.78. The summed E-state index contributed by atoms with van der Waals surface area (Å²) in [6.45, 7) is 6.82. The first kappa shape index (κ1) is 12.5. The van der Waals surface area contributed by atoms with Crippen LogP contribution in [0.25, 0.3) is 5.57 Å². The Kier molecular flexibility index (Phi) is 3.19. The standard InChI is InChI=1S/C15H21N3O/c1-10(2)17-15(19)13-9-18-7-6-16-8-11-4-3-5-12(13)14(11)18/h4,9-10,16H,3,5-8H2,1-2H3,(H,17,19). The van der Waals surface area contributed by atoms with Gasteiger partial charge in [-0.05, 0) is 37.8 Å². The van der Waals surface area contributed by atoms with Crippen molar-refractivity contribution >= 4 is 11.5 Å². The van der Waals surface area contributed by atoms with Gasteiger partial charge in [0.25, 0.3) is 5.91 Å². The van der Waals surface area contributed by atoms with Crippen LogP contribution in [-0.2, 0) is 13.0 Å². The number of hydrogen-bond acceptors (Lipinski definition) is 2. The summed E-state index contributed by atoms with van der Waals surface area (Å²) in [4.78, 5) is 12.3. The van der Waals surface area contributed by atoms with Crippen molar-refractivity contribution in [1.82, 2.24) is 15.2 Å². The smallest absolute Gasteiger partial charge is 0.253 e. The minimum Gasteiger partial charge on any atom is -0.350 e. The number of nitrogens with zero attached hydrogens (tertiary/aromatic N) is 1. The molecule has 1 aliphatic carbocycles. The van der Waals surface area contributed by atoms with E-state index in [9.17, 15) is 4.79 Å². The fourth-order valence-electron chi connectivity index (χ4n) is 3.01. The van der Waals surface area contributed by atoms with Crippen molar-refractivity contribution < 1.29 is 4.79 Å². The zero-order valence-corrected chi connectivity index (χ0v) is 11.6. The molecule has 1 amide bonds. The number of rotatable bonds is 2. The Morgan fingerprint density at radius 1 is 1.47 bits per heavy atom. The van der Waals surface area contributed by atoms with Gasteiger partial charge in [0.2, 0.25) is 0 Å². The summed E-state index contributed by atoms with van der Waals surface area (Å²) in [7, 11) is 0. The van der Waals surface area contributed by atoms with Crippen LogP contribution >= 0.6 is 0 Å². The number of nitrogens with one attached hydrogen (secondary N) is 2. The van der Waals surface area contributed by atoms with Crippen molar-refractivity contribution in [3.05, 3.63) is 29.1 Å². The summed E-state index contributed by atoms with van der Waals surface area (Å²) < 4.78 is 2.25. The van der Waals surface area contributed by atoms with Crippen molar-refractivity contribution in [1.29, 1.82) is 0 Å². The highest BCUT2D eigenvalue weighted by Crippen LogP contribution is 2.31. The molecule has 0 bridgehead atoms. The molecule has 2 aliphatic rings. The average Bonchev–Trinajstić information content (AvgIpc) is 2.60. The molecule has 1 aliphatic heterocycles. The normalized spacial score (nSPS) is 17.7. The lowest BCUT2D eigenvalue weighted by atomic mass is 9.94. The third kappa shape index (κ3) is 2.21. The highest BCUT2D eigenvalue weighted by Gasteiger charge is 2.26. The Bertz CT molecular complexity index is 540. The van der Waals surface area contributed by atoms with Crippen LogP contribution in [0.1, 0.15) is 41.9 Å². The van der Waals surface area contributed by atoms with E-state index in [-0.39, 0.29) is 11.9 Å². The lowest BCUT2D eigenvalue weighted by Crippen LogP contribution is -2.30. The molecule has 0 saturated carbocycles. The molecule has 102 valence electrons. The zero-order chi connectivity index (χ0) is 13.4. The summed E-state index contributed by atoms with van der Waals surface area (Å²) in [5, 5.41) is 6.44. The summed E-state index contributed by atoms with van der Waals surface area (Å²) in [5.41, 5.74) is 4.74. The van der Waals surface area contributed by atoms with E-state index in [1.807, 2.05) is 20.0 Å². The van der Waals surface area contributed by atoms with Gasteiger partial charge < -0.3 is 15.2 Å². The van der Waals surface area contributed by atoms with E-state index < -0.39 is 0 Å². The molecule has 1 aromatic rings. The highest BCUT2D eigenvalue weighted by molar-refractivity contribution is 5.97. The van der Waals surface area contributed by atoms with Gasteiger partial charge in [0.05, 0.1) is 5.56 Å². The number of amides is 1. The molecule has 0 saturated heterocycles. The van der Waals surface area contributed by atoms with Gasteiger partial charge >= 0.3 is 0 Å². The van der Waals surface area contributed by atoms with Crippen LogP contribution in [0.5, 0.6) is 0 Å². The first-order valence-corrected chi connectivity index (χ1v) is 7.10. The number of carbonyl (C=O) groups is 1. The second-order valence-corrected chi connectivity index (χ2v) is 5.64. The van der Waals surface area contributed by atoms with E-state index in [1.165, 1.54) is 16.8 Å². The molecule has 0 radical (unpaired) electrons. The Morgan fingerprint density at radius 2 is 2.32 bits per heavy atom. The molecule has 1 aromatic heterocycles. The van der Waals surface area contributed by atoms with Gasteiger partial charge in [0, 0.05) is 37.6 Å². The summed E-state index contributed by atoms with van der Waals surface area (Å²) >= 11 is 0. The fourth-order valence-corrected chi connectivity index (χ4v) is 3.01. The summed E-state index contributed by atoms with van der Waals surface area (Å²) in [6, 6.07) is 0.180. The molecule has 4 nitrogen and oxygen atoms in total. The molecule has 19 heavy (non-hydrogen) atoms. The summed E-state index contributed by atoms with van der Waals surface area (Å²) in [6.07, 6.45) is 6.36. The first-order chi connectivity index (χ1) is 9.16. The molecule has 0 fully saturated rings. The van der Waals surface area contributed by atoms with Crippen LogP contribution in [0.15, 0.2) is 12.3 Å². The Labute approximate surface area is 113 Å². The number of allylic oxidation sites excluding steroid dienone is 1. The summed E-state index contributed by atoms with van der Waals surface area (Å²) in [5.74, 6) is 0.0692. The van der Waals surface area contributed by atoms with Gasteiger partial charge in [-0.3, -0.25) is 4.79 Å². The molecule has 0 atom stereocenters. The quantitative estimate of drug-likeness (QED) is 0.846. The lowest BCUT2D eigenvalue weighted by molar-refractivity contribution is 0.0942. The molecular weight excluding hydrogens is 238 g/mol. The average molecular weight is 259 g/mol. The molecule has 2 N–H and O–H groups in total. The topological polar surface area (TPSA) is 46.1 Å². The van der Waals surface area contributed by atoms with Crippen LogP contribution in [0.4, 0.5) is 0 Å². The Hall–Kier alpha value is -1.55. The predicted octanol–water partition coefficient (Wildman–Crippen LogP) is 1.56. The SMILES string of the molecule is CC(C)NC(=O)c1cn2c3c1CCC=C3CNCC2. The maximum Gasteiger partial charge on any atom is 0.253 e. The van der Waals surface area contributed by atoms with Gasteiger partial charge in [0.1, 0.15) is 0 Å². The van der Waals surface area contributed by atoms with Crippen LogP contribution in [-0.4, -0.2) is 29.6 Å². The number of hydrogen-bond donors (Lipinski definition) is 2. The van der Waals surface area contributed by atoms with Crippen molar-refractivity contribution in [3.8, 4) is 0 Å². The van der Waals surface area contributed by atoms with Gasteiger partial charge in [0.15, 0.2) is 0 Å². The van der Waals surface area contributed by atoms with Gasteiger partial charge in [-0.15, -0.1) is 0 Å². The molecular formula is C15H21N3O. The lowest BCUT2D eigenvalue weighted by Gasteiger charge is -2.16. The third-order valence-corrected chi connectivity index (χ3v) is 3.78. The van der Waals surface area contributed by atoms with E-state index in [1.54, 1.807) is 0 Å².